The van der Waals surface area contributed by atoms with Gasteiger partial charge in [0, 0.05) is 23.1 Å². The topological polar surface area (TPSA) is 86.3 Å². The molecule has 0 saturated heterocycles. The van der Waals surface area contributed by atoms with E-state index in [2.05, 4.69) is 20.8 Å². The van der Waals surface area contributed by atoms with Crippen LogP contribution in [0.25, 0.3) is 11.1 Å². The first-order valence-corrected chi connectivity index (χ1v) is 8.28. The highest BCUT2D eigenvalue weighted by Gasteiger charge is 2.31. The van der Waals surface area contributed by atoms with Gasteiger partial charge in [-0.15, -0.1) is 0 Å². The molecule has 3 N–H and O–H groups in total. The number of H-pyrrole nitrogens is 1. The van der Waals surface area contributed by atoms with Crippen LogP contribution in [0, 0.1) is 10.7 Å². The summed E-state index contributed by atoms with van der Waals surface area (Å²) in [4.78, 5) is 25.4. The van der Waals surface area contributed by atoms with Crippen LogP contribution in [0.15, 0.2) is 59.9 Å². The molecule has 150 valence electrons. The molecule has 29 heavy (non-hydrogen) atoms. The van der Waals surface area contributed by atoms with E-state index >= 15 is 0 Å². The van der Waals surface area contributed by atoms with Gasteiger partial charge >= 0.3 is 12.2 Å². The van der Waals surface area contributed by atoms with Gasteiger partial charge in [-0.3, -0.25) is 0 Å². The van der Waals surface area contributed by atoms with Crippen LogP contribution >= 0.6 is 0 Å². The fourth-order valence-corrected chi connectivity index (χ4v) is 2.68. The normalized spacial score (nSPS) is 11.2. The molecule has 0 aliphatic carbocycles. The van der Waals surface area contributed by atoms with Crippen molar-refractivity contribution < 1.29 is 22.4 Å². The van der Waals surface area contributed by atoms with Crippen molar-refractivity contribution in [2.75, 3.05) is 10.6 Å². The van der Waals surface area contributed by atoms with Gasteiger partial charge in [0.05, 0.1) is 11.3 Å². The summed E-state index contributed by atoms with van der Waals surface area (Å²) in [6.07, 6.45) is -2.99. The van der Waals surface area contributed by atoms with Gasteiger partial charge in [-0.1, -0.05) is 17.3 Å². The number of amides is 2. The molecule has 2 aromatic carbocycles. The van der Waals surface area contributed by atoms with Crippen LogP contribution < -0.4 is 10.6 Å². The summed E-state index contributed by atoms with van der Waals surface area (Å²) in [6, 6.07) is 9.09. The molecule has 0 fully saturated rings. The summed E-state index contributed by atoms with van der Waals surface area (Å²) in [5, 5.41) is 7.32. The maximum atomic E-state index is 13.7. The molecule has 3 aromatic rings. The van der Waals surface area contributed by atoms with Crippen molar-refractivity contribution in [2.45, 2.75) is 12.7 Å². The number of carbonyl (C=O) groups excluding carboxylic acids is 1. The number of alkyl halides is 3. The first-order chi connectivity index (χ1) is 13.8. The number of nitrogens with zero attached hydrogens (tertiary/aromatic N) is 1. The molecule has 0 atom stereocenters. The van der Waals surface area contributed by atoms with Gasteiger partial charge in [-0.05, 0) is 42.0 Å². The average molecular weight is 406 g/mol. The van der Waals surface area contributed by atoms with Crippen molar-refractivity contribution in [2.24, 2.45) is 5.18 Å². The number of hydrogen-bond donors (Lipinski definition) is 3. The molecule has 0 radical (unpaired) electrons. The molecule has 0 aliphatic heterocycles. The molecule has 0 bridgehead atoms. The van der Waals surface area contributed by atoms with Crippen molar-refractivity contribution in [3.05, 3.63) is 76.7 Å². The molecular weight excluding hydrogens is 392 g/mol. The number of rotatable bonds is 5. The summed E-state index contributed by atoms with van der Waals surface area (Å²) in [5.74, 6) is -0.993. The molecule has 0 spiro atoms. The molecule has 3 rings (SSSR count). The number of carbonyl (C=O) groups is 1. The second-order valence-electron chi connectivity index (χ2n) is 6.01. The van der Waals surface area contributed by atoms with Crippen molar-refractivity contribution >= 4 is 17.4 Å². The van der Waals surface area contributed by atoms with E-state index in [1.165, 1.54) is 0 Å². The molecule has 0 aliphatic rings. The molecule has 2 amide bonds. The van der Waals surface area contributed by atoms with Crippen LogP contribution in [0.2, 0.25) is 0 Å². The van der Waals surface area contributed by atoms with Crippen molar-refractivity contribution in [3.63, 3.8) is 0 Å². The minimum Gasteiger partial charge on any atom is -0.363 e. The number of halogens is 4. The Morgan fingerprint density at radius 1 is 1.03 bits per heavy atom. The van der Waals surface area contributed by atoms with Gasteiger partial charge in [0.2, 0.25) is 0 Å². The van der Waals surface area contributed by atoms with E-state index in [4.69, 9.17) is 0 Å². The van der Waals surface area contributed by atoms with Crippen LogP contribution in [0.5, 0.6) is 0 Å². The fourth-order valence-electron chi connectivity index (χ4n) is 2.68. The van der Waals surface area contributed by atoms with E-state index in [9.17, 15) is 27.3 Å². The highest BCUT2D eigenvalue weighted by atomic mass is 19.4. The summed E-state index contributed by atoms with van der Waals surface area (Å²) < 4.78 is 51.9. The third-order valence-electron chi connectivity index (χ3n) is 4.05. The second-order valence-corrected chi connectivity index (χ2v) is 6.01. The van der Waals surface area contributed by atoms with Gasteiger partial charge in [0.1, 0.15) is 12.4 Å². The molecule has 0 unspecified atom stereocenters. The fraction of sp³-hybridized carbons (Fsp3) is 0.105. The number of anilines is 2. The van der Waals surface area contributed by atoms with Crippen LogP contribution in [-0.4, -0.2) is 11.0 Å². The number of nitrogens with one attached hydrogen (secondary N) is 3. The molecule has 0 saturated carbocycles. The largest absolute Gasteiger partial charge is 0.416 e. The van der Waals surface area contributed by atoms with E-state index in [1.807, 2.05) is 0 Å². The second kappa shape index (κ2) is 8.13. The van der Waals surface area contributed by atoms with Crippen LogP contribution in [0.1, 0.15) is 11.3 Å². The lowest BCUT2D eigenvalue weighted by Crippen LogP contribution is -2.20. The number of aromatic amines is 1. The Balaban J connectivity index is 1.70. The van der Waals surface area contributed by atoms with Gasteiger partial charge in [0.25, 0.3) is 0 Å². The molecule has 6 nitrogen and oxygen atoms in total. The zero-order valence-corrected chi connectivity index (χ0v) is 14.7. The Morgan fingerprint density at radius 3 is 2.41 bits per heavy atom. The van der Waals surface area contributed by atoms with E-state index < -0.39 is 29.3 Å². The Labute approximate surface area is 161 Å². The zero-order valence-electron chi connectivity index (χ0n) is 14.7. The molecular formula is C19H14F4N4O2. The standard InChI is InChI=1S/C19H14F4N4O2/c20-15-6-3-12(19(21,22)23)9-16(15)27-18(28)26-13-4-1-11(2-5-13)14-7-8-24-17(14)10-25-29/h1-9,24H,10H2,(H2,26,27,28). The summed E-state index contributed by atoms with van der Waals surface area (Å²) in [7, 11) is 0. The Hall–Kier alpha value is -3.69. The minimum atomic E-state index is -4.66. The Bertz CT molecular complexity index is 1030. The molecule has 1 heterocycles. The quantitative estimate of drug-likeness (QED) is 0.372. The summed E-state index contributed by atoms with van der Waals surface area (Å²) >= 11 is 0. The number of aromatic nitrogens is 1. The van der Waals surface area contributed by atoms with Gasteiger partial charge < -0.3 is 15.6 Å². The highest BCUT2D eigenvalue weighted by Crippen LogP contribution is 2.32. The lowest BCUT2D eigenvalue weighted by Gasteiger charge is -2.12. The van der Waals surface area contributed by atoms with E-state index in [1.54, 1.807) is 36.5 Å². The van der Waals surface area contributed by atoms with Crippen molar-refractivity contribution in [3.8, 4) is 11.1 Å². The predicted octanol–water partition coefficient (Wildman–Crippen LogP) is 5.75. The summed E-state index contributed by atoms with van der Waals surface area (Å²) in [6.45, 7) is -0.0205. The minimum absolute atomic E-state index is 0.0205. The smallest absolute Gasteiger partial charge is 0.363 e. The number of nitroso groups, excluding NO2 is 1. The van der Waals surface area contributed by atoms with Crippen molar-refractivity contribution in [1.29, 1.82) is 0 Å². The van der Waals surface area contributed by atoms with Crippen LogP contribution in [0.3, 0.4) is 0 Å². The van der Waals surface area contributed by atoms with E-state index in [0.29, 0.717) is 29.6 Å². The van der Waals surface area contributed by atoms with Crippen LogP contribution in [-0.2, 0) is 12.7 Å². The van der Waals surface area contributed by atoms with Crippen molar-refractivity contribution in [1.82, 2.24) is 4.98 Å². The Morgan fingerprint density at radius 2 is 1.76 bits per heavy atom. The van der Waals surface area contributed by atoms with Gasteiger partial charge in [-0.2, -0.15) is 18.1 Å². The van der Waals surface area contributed by atoms with Crippen LogP contribution in [0.4, 0.5) is 33.7 Å². The maximum absolute atomic E-state index is 13.7. The van der Waals surface area contributed by atoms with Gasteiger partial charge in [-0.25, -0.2) is 9.18 Å². The lowest BCUT2D eigenvalue weighted by atomic mass is 10.1. The first kappa shape index (κ1) is 20.1. The van der Waals surface area contributed by atoms with E-state index in [0.717, 1.165) is 11.1 Å². The third-order valence-corrected chi connectivity index (χ3v) is 4.05. The average Bonchev–Trinajstić information content (AvgIpc) is 3.12. The maximum Gasteiger partial charge on any atom is 0.416 e. The monoisotopic (exact) mass is 406 g/mol. The first-order valence-electron chi connectivity index (χ1n) is 8.28. The van der Waals surface area contributed by atoms with E-state index in [-0.39, 0.29) is 6.54 Å². The lowest BCUT2D eigenvalue weighted by molar-refractivity contribution is -0.137. The molecule has 10 heteroatoms. The number of hydrogen-bond acceptors (Lipinski definition) is 3. The zero-order chi connectivity index (χ0) is 21.0. The number of urea groups is 1. The third kappa shape index (κ3) is 4.78. The number of benzene rings is 2. The highest BCUT2D eigenvalue weighted by molar-refractivity contribution is 6.00. The Kier molecular flexibility index (Phi) is 5.62. The van der Waals surface area contributed by atoms with Gasteiger partial charge in [0.15, 0.2) is 0 Å². The summed E-state index contributed by atoms with van der Waals surface area (Å²) in [5.41, 5.74) is 0.840. The molecule has 1 aromatic heterocycles. The SMILES string of the molecule is O=NCc1[nH]ccc1-c1ccc(NC(=O)Nc2cc(C(F)(F)F)ccc2F)cc1. The predicted molar refractivity (Wildman–Crippen MR) is 99.8 cm³/mol.